The van der Waals surface area contributed by atoms with Crippen LogP contribution in [0.4, 0.5) is 13.2 Å². The molecule has 0 radical (unpaired) electrons. The van der Waals surface area contributed by atoms with Crippen LogP contribution in [-0.2, 0) is 27.5 Å². The second kappa shape index (κ2) is 8.90. The number of aromatic nitrogens is 1. The van der Waals surface area contributed by atoms with Crippen LogP contribution in [0, 0.1) is 6.92 Å². The number of halogens is 3. The van der Waals surface area contributed by atoms with Crippen LogP contribution in [-0.4, -0.2) is 30.1 Å². The number of carboxylic acid groups (broad SMARTS) is 1. The van der Waals surface area contributed by atoms with E-state index in [2.05, 4.69) is 4.72 Å². The molecule has 2 aromatic carbocycles. The first-order valence-corrected chi connectivity index (χ1v) is 12.3. The minimum atomic E-state index is -4.71. The Morgan fingerprint density at radius 3 is 2.41 bits per heavy atom. The highest BCUT2D eigenvalue weighted by atomic mass is 32.2. The van der Waals surface area contributed by atoms with Gasteiger partial charge >= 0.3 is 12.3 Å². The van der Waals surface area contributed by atoms with E-state index >= 15 is 0 Å². The lowest BCUT2D eigenvalue weighted by atomic mass is 10.1. The van der Waals surface area contributed by atoms with E-state index in [-0.39, 0.29) is 25.2 Å². The van der Waals surface area contributed by atoms with Crippen molar-refractivity contribution in [3.8, 4) is 10.4 Å². The number of rotatable bonds is 7. The Balaban J connectivity index is 1.62. The van der Waals surface area contributed by atoms with Crippen LogP contribution in [0.15, 0.2) is 71.1 Å². The van der Waals surface area contributed by atoms with Crippen LogP contribution in [0.3, 0.4) is 0 Å². The minimum absolute atomic E-state index is 0.0644. The monoisotopic (exact) mass is 508 g/mol. The molecule has 2 heterocycles. The van der Waals surface area contributed by atoms with E-state index in [0.29, 0.717) is 4.88 Å². The van der Waals surface area contributed by atoms with Crippen molar-refractivity contribution < 1.29 is 31.5 Å². The number of thiophene rings is 1. The zero-order valence-electron chi connectivity index (χ0n) is 17.7. The van der Waals surface area contributed by atoms with Crippen LogP contribution >= 0.6 is 11.3 Å². The summed E-state index contributed by atoms with van der Waals surface area (Å²) >= 11 is 0.973. The van der Waals surface area contributed by atoms with Gasteiger partial charge in [0.25, 0.3) is 10.0 Å². The first-order valence-electron chi connectivity index (χ1n) is 10.0. The van der Waals surface area contributed by atoms with Crippen LogP contribution in [0.25, 0.3) is 21.3 Å². The molecule has 0 unspecified atom stereocenters. The van der Waals surface area contributed by atoms with Crippen molar-refractivity contribution in [1.29, 1.82) is 0 Å². The molecule has 0 aliphatic heterocycles. The minimum Gasteiger partial charge on any atom is -0.480 e. The number of fused-ring (bicyclic) bond motifs is 1. The molecule has 0 bridgehead atoms. The molecule has 2 N–H and O–H groups in total. The first kappa shape index (κ1) is 24.0. The summed E-state index contributed by atoms with van der Waals surface area (Å²) < 4.78 is 68.2. The Hall–Kier alpha value is -3.15. The van der Waals surface area contributed by atoms with Crippen molar-refractivity contribution in [2.45, 2.75) is 29.9 Å². The van der Waals surface area contributed by atoms with Crippen LogP contribution in [0.2, 0.25) is 0 Å². The average molecular weight is 509 g/mol. The molecule has 2 aromatic heterocycles. The normalized spacial score (nSPS) is 13.3. The molecule has 6 nitrogen and oxygen atoms in total. The molecule has 178 valence electrons. The second-order valence-corrected chi connectivity index (χ2v) is 10.7. The van der Waals surface area contributed by atoms with Crippen molar-refractivity contribution in [3.05, 3.63) is 78.0 Å². The third-order valence-corrected chi connectivity index (χ3v) is 8.37. The Kier molecular flexibility index (Phi) is 6.28. The smallest absolute Gasteiger partial charge is 0.480 e. The van der Waals surface area contributed by atoms with Gasteiger partial charge in [-0.05, 0) is 36.2 Å². The molecular weight excluding hydrogens is 489 g/mol. The van der Waals surface area contributed by atoms with E-state index in [1.165, 1.54) is 30.3 Å². The van der Waals surface area contributed by atoms with E-state index in [4.69, 9.17) is 0 Å². The zero-order chi connectivity index (χ0) is 24.7. The Morgan fingerprint density at radius 1 is 1.09 bits per heavy atom. The van der Waals surface area contributed by atoms with Gasteiger partial charge in [0.05, 0.1) is 5.52 Å². The van der Waals surface area contributed by atoms with Crippen LogP contribution in [0.1, 0.15) is 11.1 Å². The van der Waals surface area contributed by atoms with Gasteiger partial charge in [-0.15, -0.1) is 24.5 Å². The van der Waals surface area contributed by atoms with Gasteiger partial charge in [0, 0.05) is 22.9 Å². The maximum atomic E-state index is 13.4. The fraction of sp³-hybridized carbons (Fsp3) is 0.174. The molecule has 0 aliphatic carbocycles. The number of aliphatic carboxylic acids is 1. The number of alkyl halides is 3. The maximum Gasteiger partial charge on any atom is 0.488 e. The molecule has 34 heavy (non-hydrogen) atoms. The third-order valence-electron chi connectivity index (χ3n) is 5.27. The molecule has 11 heteroatoms. The topological polar surface area (TPSA) is 88.4 Å². The van der Waals surface area contributed by atoms with Gasteiger partial charge in [-0.2, -0.15) is 4.72 Å². The summed E-state index contributed by atoms with van der Waals surface area (Å²) in [5.74, 6) is -1.50. The lowest BCUT2D eigenvalue weighted by Crippen LogP contribution is -2.42. The van der Waals surface area contributed by atoms with Crippen molar-refractivity contribution in [2.75, 3.05) is 0 Å². The summed E-state index contributed by atoms with van der Waals surface area (Å²) in [5.41, 5.74) is 1.78. The number of carboxylic acids is 1. The van der Waals surface area contributed by atoms with Crippen molar-refractivity contribution in [1.82, 2.24) is 9.29 Å². The summed E-state index contributed by atoms with van der Waals surface area (Å²) in [5, 5.41) is 9.84. The summed E-state index contributed by atoms with van der Waals surface area (Å²) in [7, 11) is -4.24. The number of carbonyl (C=O) groups is 1. The van der Waals surface area contributed by atoms with Gasteiger partial charge in [-0.3, -0.25) is 9.36 Å². The molecule has 4 rings (SSSR count). The number of aryl methyl sites for hydroxylation is 1. The highest BCUT2D eigenvalue weighted by molar-refractivity contribution is 7.91. The molecule has 4 aromatic rings. The lowest BCUT2D eigenvalue weighted by Gasteiger charge is -2.14. The summed E-state index contributed by atoms with van der Waals surface area (Å²) in [6, 6.07) is 14.5. The number of para-hydroxylation sites is 1. The fourth-order valence-electron chi connectivity index (χ4n) is 3.60. The maximum absolute atomic E-state index is 13.4. The number of benzene rings is 2. The van der Waals surface area contributed by atoms with E-state index in [9.17, 15) is 31.5 Å². The van der Waals surface area contributed by atoms with Gasteiger partial charge in [0.2, 0.25) is 0 Å². The van der Waals surface area contributed by atoms with Crippen molar-refractivity contribution in [2.24, 2.45) is 0 Å². The van der Waals surface area contributed by atoms with Gasteiger partial charge in [-0.1, -0.05) is 48.0 Å². The van der Waals surface area contributed by atoms with Gasteiger partial charge in [-0.25, -0.2) is 8.42 Å². The van der Waals surface area contributed by atoms with E-state index in [1.807, 2.05) is 31.2 Å². The predicted molar refractivity (Wildman–Crippen MR) is 123 cm³/mol. The zero-order valence-corrected chi connectivity index (χ0v) is 19.3. The Bertz CT molecular complexity index is 1460. The molecule has 0 amide bonds. The van der Waals surface area contributed by atoms with E-state index < -0.39 is 34.8 Å². The van der Waals surface area contributed by atoms with Crippen LogP contribution < -0.4 is 4.72 Å². The van der Waals surface area contributed by atoms with Gasteiger partial charge < -0.3 is 5.11 Å². The second-order valence-electron chi connectivity index (χ2n) is 7.71. The van der Waals surface area contributed by atoms with Gasteiger partial charge in [0.1, 0.15) is 10.3 Å². The average Bonchev–Trinajstić information content (AvgIpc) is 3.40. The highest BCUT2D eigenvalue weighted by Crippen LogP contribution is 2.33. The largest absolute Gasteiger partial charge is 0.488 e. The molecule has 1 atom stereocenters. The number of sulfonamides is 1. The summed E-state index contributed by atoms with van der Waals surface area (Å²) in [4.78, 5) is 12.5. The first-order chi connectivity index (χ1) is 16.0. The highest BCUT2D eigenvalue weighted by Gasteiger charge is 2.34. The number of hydrogen-bond acceptors (Lipinski definition) is 4. The SMILES string of the molecule is Cc1ccc(-c2ccc(S(=O)(=O)N[C@H](Cc3cn(C(F)(F)F)c4ccccc34)C(=O)O)s2)cc1. The number of hydrogen-bond donors (Lipinski definition) is 2. The standard InChI is InChI=1S/C23H19F3N2O4S2/c1-14-6-8-15(9-7-14)20-10-11-21(33-20)34(31,32)27-18(22(29)30)12-16-13-28(23(24,25)26)19-5-3-2-4-17(16)19/h2-11,13,18,27H,12H2,1H3,(H,29,30)/t18-/m1/s1. The van der Waals surface area contributed by atoms with E-state index in [1.54, 1.807) is 6.07 Å². The van der Waals surface area contributed by atoms with Crippen molar-refractivity contribution in [3.63, 3.8) is 0 Å². The van der Waals surface area contributed by atoms with E-state index in [0.717, 1.165) is 28.7 Å². The molecule has 0 aliphatic rings. The Morgan fingerprint density at radius 2 is 1.76 bits per heavy atom. The quantitative estimate of drug-likeness (QED) is 0.362. The molecular formula is C23H19F3N2O4S2. The predicted octanol–water partition coefficient (Wildman–Crippen LogP) is 5.13. The Labute approximate surface area is 197 Å². The molecule has 0 spiro atoms. The number of nitrogens with zero attached hydrogens (tertiary/aromatic N) is 1. The third kappa shape index (κ3) is 4.86. The fourth-order valence-corrected chi connectivity index (χ4v) is 6.12. The molecule has 0 saturated carbocycles. The summed E-state index contributed by atoms with van der Waals surface area (Å²) in [6.45, 7) is 1.93. The molecule has 0 fully saturated rings. The summed E-state index contributed by atoms with van der Waals surface area (Å²) in [6.07, 6.45) is -4.37. The lowest BCUT2D eigenvalue weighted by molar-refractivity contribution is -0.200. The number of nitrogens with one attached hydrogen (secondary N) is 1. The molecule has 0 saturated heterocycles. The van der Waals surface area contributed by atoms with Gasteiger partial charge in [0.15, 0.2) is 0 Å². The van der Waals surface area contributed by atoms with Crippen molar-refractivity contribution >= 4 is 38.2 Å². The van der Waals surface area contributed by atoms with Crippen LogP contribution in [0.5, 0.6) is 0 Å².